The summed E-state index contributed by atoms with van der Waals surface area (Å²) in [5.74, 6) is -1.86. The monoisotopic (exact) mass is 729 g/mol. The minimum Gasteiger partial charge on any atom is -0.471 e. The van der Waals surface area contributed by atoms with Gasteiger partial charge in [0, 0.05) is 12.3 Å². The summed E-state index contributed by atoms with van der Waals surface area (Å²) in [4.78, 5) is 57.7. The first-order valence-corrected chi connectivity index (χ1v) is 19.9. The molecule has 2 aromatic carbocycles. The van der Waals surface area contributed by atoms with E-state index >= 15 is 0 Å². The van der Waals surface area contributed by atoms with Crippen molar-refractivity contribution in [1.82, 2.24) is 29.9 Å². The van der Waals surface area contributed by atoms with Gasteiger partial charge in [0.15, 0.2) is 5.69 Å². The van der Waals surface area contributed by atoms with Crippen molar-refractivity contribution in [3.8, 4) is 16.6 Å². The molecule has 2 aliphatic heterocycles. The van der Waals surface area contributed by atoms with Crippen LogP contribution in [0.1, 0.15) is 57.8 Å². The van der Waals surface area contributed by atoms with Gasteiger partial charge in [-0.3, -0.25) is 19.1 Å². The smallest absolute Gasteiger partial charge is 0.259 e. The number of aromatic nitrogens is 3. The van der Waals surface area contributed by atoms with Crippen LogP contribution in [0.3, 0.4) is 0 Å². The van der Waals surface area contributed by atoms with Crippen LogP contribution in [0.15, 0.2) is 60.7 Å². The maximum atomic E-state index is 14.2. The molecule has 4 N–H and O–H groups in total. The van der Waals surface area contributed by atoms with Crippen molar-refractivity contribution >= 4 is 60.3 Å². The number of hydrogen-bond donors (Lipinski definition) is 3. The molecule has 3 amide bonds. The van der Waals surface area contributed by atoms with Crippen LogP contribution in [-0.2, 0) is 24.4 Å². The highest BCUT2D eigenvalue weighted by Gasteiger charge is 2.62. The number of carbonyl (C=O) groups excluding carboxylic acids is 3. The Morgan fingerprint density at radius 2 is 1.73 bits per heavy atom. The van der Waals surface area contributed by atoms with Crippen LogP contribution in [0.4, 0.5) is 0 Å². The van der Waals surface area contributed by atoms with Crippen LogP contribution < -0.4 is 20.5 Å². The minimum atomic E-state index is -3.85. The quantitative estimate of drug-likeness (QED) is 0.248. The van der Waals surface area contributed by atoms with Crippen LogP contribution in [0, 0.1) is 5.92 Å². The maximum absolute atomic E-state index is 14.2. The van der Waals surface area contributed by atoms with E-state index < -0.39 is 50.8 Å². The van der Waals surface area contributed by atoms with Gasteiger partial charge in [-0.15, -0.1) is 11.3 Å². The van der Waals surface area contributed by atoms with Gasteiger partial charge in [-0.05, 0) is 62.8 Å². The number of nitrogens with two attached hydrogens (primary N) is 1. The van der Waals surface area contributed by atoms with Crippen molar-refractivity contribution in [3.05, 3.63) is 60.7 Å². The Morgan fingerprint density at radius 1 is 0.980 bits per heavy atom. The van der Waals surface area contributed by atoms with E-state index in [1.54, 1.807) is 0 Å². The number of carbonyl (C=O) groups is 3. The Hall–Kier alpha value is -4.47. The van der Waals surface area contributed by atoms with Crippen LogP contribution in [0.25, 0.3) is 32.0 Å². The van der Waals surface area contributed by atoms with Gasteiger partial charge in [0.25, 0.3) is 5.91 Å². The lowest BCUT2D eigenvalue weighted by atomic mass is 10.1. The summed E-state index contributed by atoms with van der Waals surface area (Å²) in [5.41, 5.74) is 7.53. The highest BCUT2D eigenvalue weighted by atomic mass is 32.2. The molecule has 0 spiro atoms. The molecular weight excluding hydrogens is 691 g/mol. The number of thiazole rings is 1. The second-order valence-corrected chi connectivity index (χ2v) is 16.9. The fourth-order valence-electron chi connectivity index (χ4n) is 7.08. The lowest BCUT2D eigenvalue weighted by molar-refractivity contribution is -0.140. The molecule has 2 aromatic heterocycles. The van der Waals surface area contributed by atoms with E-state index in [0.717, 1.165) is 35.9 Å². The van der Waals surface area contributed by atoms with Crippen molar-refractivity contribution < 1.29 is 27.5 Å². The van der Waals surface area contributed by atoms with Crippen molar-refractivity contribution in [2.45, 2.75) is 86.8 Å². The molecule has 51 heavy (non-hydrogen) atoms. The number of fused-ring (bicyclic) bond motifs is 4. The van der Waals surface area contributed by atoms with Crippen LogP contribution in [0.2, 0.25) is 0 Å². The summed E-state index contributed by atoms with van der Waals surface area (Å²) < 4.78 is 35.3. The number of hydrogen-bond acceptors (Lipinski definition) is 11. The molecule has 266 valence electrons. The molecule has 13 nitrogen and oxygen atoms in total. The molecule has 15 heteroatoms. The number of rotatable bonds is 6. The van der Waals surface area contributed by atoms with Crippen molar-refractivity contribution in [2.24, 2.45) is 11.7 Å². The average Bonchev–Trinajstić information content (AvgIpc) is 4.01. The van der Waals surface area contributed by atoms with Gasteiger partial charge in [-0.1, -0.05) is 49.3 Å². The zero-order chi connectivity index (χ0) is 35.3. The van der Waals surface area contributed by atoms with Gasteiger partial charge in [-0.2, -0.15) is 0 Å². The SMILES string of the molecule is N[C@H]1CCCCCC=C[C@@H]2C[C@@]2(C(=O)NS(=O)(=O)C2CC2)NC(=O)[C@@H]2C[C@@H](Oc3nc4ccccc4nc3-c3nc4ccccc4s3)CN2C1=O. The molecule has 1 saturated heterocycles. The number of para-hydroxylation sites is 3. The van der Waals surface area contributed by atoms with Crippen molar-refractivity contribution in [1.29, 1.82) is 0 Å². The molecule has 4 aliphatic rings. The van der Waals surface area contributed by atoms with E-state index in [4.69, 9.17) is 25.4 Å². The molecule has 4 heterocycles. The highest BCUT2D eigenvalue weighted by Crippen LogP contribution is 2.46. The van der Waals surface area contributed by atoms with Crippen LogP contribution in [0.5, 0.6) is 5.88 Å². The topological polar surface area (TPSA) is 187 Å². The third-order valence-corrected chi connectivity index (χ3v) is 13.1. The number of ether oxygens (including phenoxy) is 1. The molecule has 2 saturated carbocycles. The Morgan fingerprint density at radius 3 is 2.49 bits per heavy atom. The van der Waals surface area contributed by atoms with E-state index in [-0.39, 0.29) is 37.1 Å². The molecule has 4 aromatic rings. The third-order valence-electron chi connectivity index (χ3n) is 10.2. The average molecular weight is 730 g/mol. The second kappa shape index (κ2) is 13.3. The summed E-state index contributed by atoms with van der Waals surface area (Å²) >= 11 is 1.46. The number of benzene rings is 2. The Labute approximate surface area is 299 Å². The van der Waals surface area contributed by atoms with E-state index in [9.17, 15) is 22.8 Å². The van der Waals surface area contributed by atoms with E-state index in [0.29, 0.717) is 41.0 Å². The molecule has 0 unspecified atom stereocenters. The molecule has 0 bridgehead atoms. The molecular formula is C36H39N7O6S2. The molecule has 8 rings (SSSR count). The standard InChI is InChI=1S/C36H39N7O6S2/c37-24-11-5-3-1-2-4-10-21-19-36(21,35(46)42-51(47,48)23-16-17-23)41-31(44)28-18-22(20-43(28)34(24)45)49-32-30(38-25-12-6-7-13-26(25)39-32)33-40-27-14-8-9-15-29(27)50-33/h4,6-10,12-15,21-24,28H,1-3,5,11,16-20,37H2,(H,41,44)(H,42,46)/t21-,22-,24+,28+,36-/m1/s1. The first-order valence-electron chi connectivity index (χ1n) is 17.5. The van der Waals surface area contributed by atoms with Crippen molar-refractivity contribution in [2.75, 3.05) is 6.54 Å². The fraction of sp³-hybridized carbons (Fsp3) is 0.444. The normalized spacial score (nSPS) is 27.3. The summed E-state index contributed by atoms with van der Waals surface area (Å²) in [6, 6.07) is 13.4. The fourth-order valence-corrected chi connectivity index (χ4v) is 9.39. The summed E-state index contributed by atoms with van der Waals surface area (Å²) in [7, 11) is -3.85. The molecule has 0 radical (unpaired) electrons. The summed E-state index contributed by atoms with van der Waals surface area (Å²) in [6.07, 6.45) is 8.24. The first-order chi connectivity index (χ1) is 24.6. The maximum Gasteiger partial charge on any atom is 0.259 e. The van der Waals surface area contributed by atoms with Crippen LogP contribution in [-0.4, -0.2) is 81.5 Å². The summed E-state index contributed by atoms with van der Waals surface area (Å²) in [6.45, 7) is 0.0526. The molecule has 5 atom stereocenters. The number of nitrogens with one attached hydrogen (secondary N) is 2. The number of sulfonamides is 1. The van der Waals surface area contributed by atoms with Gasteiger partial charge in [-0.25, -0.2) is 23.4 Å². The van der Waals surface area contributed by atoms with E-state index in [1.807, 2.05) is 60.7 Å². The Bertz CT molecular complexity index is 2140. The first kappa shape index (κ1) is 33.7. The second-order valence-electron chi connectivity index (χ2n) is 14.0. The zero-order valence-corrected chi connectivity index (χ0v) is 29.5. The summed E-state index contributed by atoms with van der Waals surface area (Å²) in [5, 5.41) is 2.91. The Balaban J connectivity index is 1.11. The number of nitrogens with zero attached hydrogens (tertiary/aromatic N) is 4. The minimum absolute atomic E-state index is 0.0526. The van der Waals surface area contributed by atoms with E-state index in [1.165, 1.54) is 16.2 Å². The predicted octanol–water partition coefficient (Wildman–Crippen LogP) is 3.59. The lowest BCUT2D eigenvalue weighted by Crippen LogP contribution is -2.57. The van der Waals surface area contributed by atoms with Crippen molar-refractivity contribution in [3.63, 3.8) is 0 Å². The molecule has 2 aliphatic carbocycles. The third kappa shape index (κ3) is 6.69. The van der Waals surface area contributed by atoms with Gasteiger partial charge in [0.1, 0.15) is 22.7 Å². The van der Waals surface area contributed by atoms with Crippen LogP contribution >= 0.6 is 11.3 Å². The highest BCUT2D eigenvalue weighted by molar-refractivity contribution is 7.91. The van der Waals surface area contributed by atoms with Gasteiger partial charge >= 0.3 is 0 Å². The number of allylic oxidation sites excluding steroid dienone is 1. The predicted molar refractivity (Wildman–Crippen MR) is 192 cm³/mol. The zero-order valence-electron chi connectivity index (χ0n) is 27.9. The van der Waals surface area contributed by atoms with Gasteiger partial charge in [0.2, 0.25) is 27.7 Å². The molecule has 3 fully saturated rings. The van der Waals surface area contributed by atoms with Gasteiger partial charge in [0.05, 0.1) is 39.1 Å². The lowest BCUT2D eigenvalue weighted by Gasteiger charge is -2.28. The van der Waals surface area contributed by atoms with E-state index in [2.05, 4.69) is 10.0 Å². The number of amides is 3. The van der Waals surface area contributed by atoms with Gasteiger partial charge < -0.3 is 20.7 Å². The Kier molecular flexibility index (Phi) is 8.75. The largest absolute Gasteiger partial charge is 0.471 e.